The van der Waals surface area contributed by atoms with E-state index in [4.69, 9.17) is 26.2 Å². The standard InChI is InChI=1S/C13H17ClO5/c14-13-12(11(17)10(16)9(6-15)19-13)18-7-8-4-2-1-3-5-8/h1-5,9-13,15-17H,6-7H2/t9-,10-,11+,12-,13+/m1/s1. The quantitative estimate of drug-likeness (QED) is 0.692. The molecule has 0 bridgehead atoms. The van der Waals surface area contributed by atoms with Crippen LogP contribution in [0.25, 0.3) is 0 Å². The van der Waals surface area contributed by atoms with Gasteiger partial charge in [-0.3, -0.25) is 0 Å². The maximum Gasteiger partial charge on any atom is 0.160 e. The highest BCUT2D eigenvalue weighted by Gasteiger charge is 2.44. The molecule has 1 aliphatic heterocycles. The lowest BCUT2D eigenvalue weighted by Crippen LogP contribution is -2.57. The van der Waals surface area contributed by atoms with Gasteiger partial charge in [0.2, 0.25) is 0 Å². The second-order valence-corrected chi connectivity index (χ2v) is 4.88. The summed E-state index contributed by atoms with van der Waals surface area (Å²) in [5.41, 5.74) is 0.0107. The third-order valence-corrected chi connectivity index (χ3v) is 3.45. The molecule has 0 unspecified atom stereocenters. The molecule has 1 aliphatic rings. The zero-order valence-corrected chi connectivity index (χ0v) is 11.0. The molecule has 19 heavy (non-hydrogen) atoms. The van der Waals surface area contributed by atoms with Gasteiger partial charge in [0.15, 0.2) is 5.56 Å². The second-order valence-electron chi connectivity index (χ2n) is 4.45. The fourth-order valence-electron chi connectivity index (χ4n) is 1.99. The SMILES string of the molecule is OC[C@H]1O[C@H](Cl)[C@H](OCc2ccccc2)[C@@H](O)[C@@H]1O. The summed E-state index contributed by atoms with van der Waals surface area (Å²) in [6.45, 7) is -0.154. The van der Waals surface area contributed by atoms with Crippen LogP contribution in [0, 0.1) is 0 Å². The van der Waals surface area contributed by atoms with Crippen LogP contribution in [0.5, 0.6) is 0 Å². The zero-order chi connectivity index (χ0) is 13.8. The molecule has 0 aliphatic carbocycles. The molecule has 0 aromatic heterocycles. The van der Waals surface area contributed by atoms with Crippen molar-refractivity contribution in [2.24, 2.45) is 0 Å². The fourth-order valence-corrected chi connectivity index (χ4v) is 2.34. The van der Waals surface area contributed by atoms with Gasteiger partial charge in [0.05, 0.1) is 13.2 Å². The first-order valence-electron chi connectivity index (χ1n) is 6.05. The van der Waals surface area contributed by atoms with E-state index in [9.17, 15) is 10.2 Å². The minimum Gasteiger partial charge on any atom is -0.394 e. The van der Waals surface area contributed by atoms with Crippen molar-refractivity contribution in [3.05, 3.63) is 35.9 Å². The van der Waals surface area contributed by atoms with Gasteiger partial charge in [0, 0.05) is 0 Å². The first kappa shape index (κ1) is 14.7. The molecule has 0 saturated carbocycles. The number of aliphatic hydroxyl groups is 3. The number of halogens is 1. The Bertz CT molecular complexity index is 388. The molecule has 5 nitrogen and oxygen atoms in total. The summed E-state index contributed by atoms with van der Waals surface area (Å²) >= 11 is 5.95. The average Bonchev–Trinajstić information content (AvgIpc) is 2.44. The highest BCUT2D eigenvalue weighted by atomic mass is 35.5. The fraction of sp³-hybridized carbons (Fsp3) is 0.538. The lowest BCUT2D eigenvalue weighted by Gasteiger charge is -2.39. The molecule has 1 fully saturated rings. The van der Waals surface area contributed by atoms with Crippen LogP contribution in [0.2, 0.25) is 0 Å². The largest absolute Gasteiger partial charge is 0.394 e. The van der Waals surface area contributed by atoms with Gasteiger partial charge in [0.1, 0.15) is 24.4 Å². The van der Waals surface area contributed by atoms with E-state index in [1.165, 1.54) is 0 Å². The van der Waals surface area contributed by atoms with Crippen molar-refractivity contribution < 1.29 is 24.8 Å². The average molecular weight is 289 g/mol. The van der Waals surface area contributed by atoms with Gasteiger partial charge in [-0.15, -0.1) is 0 Å². The highest BCUT2D eigenvalue weighted by molar-refractivity contribution is 6.20. The number of ether oxygens (including phenoxy) is 2. The molecule has 0 amide bonds. The molecular weight excluding hydrogens is 272 g/mol. The predicted molar refractivity (Wildman–Crippen MR) is 68.6 cm³/mol. The lowest BCUT2D eigenvalue weighted by molar-refractivity contribution is -0.223. The van der Waals surface area contributed by atoms with E-state index in [1.807, 2.05) is 30.3 Å². The van der Waals surface area contributed by atoms with Crippen molar-refractivity contribution in [3.8, 4) is 0 Å². The molecule has 1 aromatic rings. The minimum atomic E-state index is -1.22. The molecule has 3 N–H and O–H groups in total. The summed E-state index contributed by atoms with van der Waals surface area (Å²) in [7, 11) is 0. The van der Waals surface area contributed by atoms with Crippen molar-refractivity contribution in [3.63, 3.8) is 0 Å². The van der Waals surface area contributed by atoms with Crippen molar-refractivity contribution in [1.29, 1.82) is 0 Å². The summed E-state index contributed by atoms with van der Waals surface area (Å²) in [6.07, 6.45) is -4.16. The molecule has 2 rings (SSSR count). The van der Waals surface area contributed by atoms with E-state index in [0.717, 1.165) is 5.56 Å². The van der Waals surface area contributed by atoms with E-state index >= 15 is 0 Å². The van der Waals surface area contributed by atoms with Crippen molar-refractivity contribution in [1.82, 2.24) is 0 Å². The molecule has 1 saturated heterocycles. The van der Waals surface area contributed by atoms with E-state index < -0.39 is 36.6 Å². The Kier molecular flexibility index (Phi) is 5.15. The van der Waals surface area contributed by atoms with Crippen molar-refractivity contribution in [2.75, 3.05) is 6.61 Å². The number of hydrogen-bond donors (Lipinski definition) is 3. The van der Waals surface area contributed by atoms with Gasteiger partial charge in [-0.25, -0.2) is 0 Å². The number of hydrogen-bond acceptors (Lipinski definition) is 5. The van der Waals surface area contributed by atoms with Crippen LogP contribution in [0.15, 0.2) is 30.3 Å². The van der Waals surface area contributed by atoms with Crippen LogP contribution < -0.4 is 0 Å². The van der Waals surface area contributed by atoms with Crippen molar-refractivity contribution in [2.45, 2.75) is 36.6 Å². The first-order valence-corrected chi connectivity index (χ1v) is 6.49. The van der Waals surface area contributed by atoms with E-state index in [2.05, 4.69) is 0 Å². The summed E-state index contributed by atoms with van der Waals surface area (Å²) in [5, 5.41) is 28.7. The highest BCUT2D eigenvalue weighted by Crippen LogP contribution is 2.26. The third-order valence-electron chi connectivity index (χ3n) is 3.10. The monoisotopic (exact) mass is 288 g/mol. The Labute approximate surface area is 116 Å². The smallest absolute Gasteiger partial charge is 0.160 e. The molecule has 1 heterocycles. The normalized spacial score (nSPS) is 35.3. The van der Waals surface area contributed by atoms with Gasteiger partial charge in [0.25, 0.3) is 0 Å². The topological polar surface area (TPSA) is 79.2 Å². The summed E-state index contributed by atoms with van der Waals surface area (Å²) in [5.74, 6) is 0. The molecule has 0 spiro atoms. The number of alkyl halides is 1. The van der Waals surface area contributed by atoms with Gasteiger partial charge < -0.3 is 24.8 Å². The zero-order valence-electron chi connectivity index (χ0n) is 10.2. The third kappa shape index (κ3) is 3.45. The van der Waals surface area contributed by atoms with Gasteiger partial charge >= 0.3 is 0 Å². The summed E-state index contributed by atoms with van der Waals surface area (Å²) in [4.78, 5) is 0. The maximum absolute atomic E-state index is 9.94. The number of aliphatic hydroxyl groups excluding tert-OH is 3. The molecular formula is C13H17ClO5. The lowest BCUT2D eigenvalue weighted by atomic mass is 10.0. The van der Waals surface area contributed by atoms with Crippen LogP contribution in [0.1, 0.15) is 5.56 Å². The Morgan fingerprint density at radius 3 is 2.47 bits per heavy atom. The summed E-state index contributed by atoms with van der Waals surface area (Å²) < 4.78 is 10.7. The molecule has 106 valence electrons. The predicted octanol–water partition coefficient (Wildman–Crippen LogP) is 0.250. The maximum atomic E-state index is 9.94. The summed E-state index contributed by atoms with van der Waals surface area (Å²) in [6, 6.07) is 9.41. The van der Waals surface area contributed by atoms with Gasteiger partial charge in [-0.1, -0.05) is 41.9 Å². The molecule has 6 heteroatoms. The minimum absolute atomic E-state index is 0.256. The van der Waals surface area contributed by atoms with Crippen LogP contribution in [0.4, 0.5) is 0 Å². The Morgan fingerprint density at radius 1 is 1.16 bits per heavy atom. The number of rotatable bonds is 4. The first-order chi connectivity index (χ1) is 9.13. The Hall–Kier alpha value is -0.690. The van der Waals surface area contributed by atoms with Crippen LogP contribution in [0.3, 0.4) is 0 Å². The number of benzene rings is 1. The molecule has 5 atom stereocenters. The molecule has 0 radical (unpaired) electrons. The van der Waals surface area contributed by atoms with Crippen molar-refractivity contribution >= 4 is 11.6 Å². The van der Waals surface area contributed by atoms with Gasteiger partial charge in [-0.05, 0) is 5.56 Å². The second kappa shape index (κ2) is 6.65. The Balaban J connectivity index is 1.96. The van der Waals surface area contributed by atoms with Crippen LogP contribution in [-0.2, 0) is 16.1 Å². The Morgan fingerprint density at radius 2 is 1.84 bits per heavy atom. The van der Waals surface area contributed by atoms with E-state index in [1.54, 1.807) is 0 Å². The van der Waals surface area contributed by atoms with Crippen LogP contribution in [-0.4, -0.2) is 51.9 Å². The van der Waals surface area contributed by atoms with Crippen LogP contribution >= 0.6 is 11.6 Å². The van der Waals surface area contributed by atoms with E-state index in [-0.39, 0.29) is 6.61 Å². The van der Waals surface area contributed by atoms with Gasteiger partial charge in [-0.2, -0.15) is 0 Å². The van der Waals surface area contributed by atoms with E-state index in [0.29, 0.717) is 0 Å². The molecule has 1 aromatic carbocycles.